The van der Waals surface area contributed by atoms with Gasteiger partial charge >= 0.3 is 0 Å². The molecule has 1 aromatic carbocycles. The van der Waals surface area contributed by atoms with Crippen LogP contribution >= 0.6 is 0 Å². The quantitative estimate of drug-likeness (QED) is 0.610. The molecule has 1 aliphatic heterocycles. The number of aromatic hydroxyl groups is 2. The molecule has 1 aromatic rings. The fourth-order valence-corrected chi connectivity index (χ4v) is 5.95. The monoisotopic (exact) mass is 374 g/mol. The highest BCUT2D eigenvalue weighted by Crippen LogP contribution is 2.57. The Morgan fingerprint density at radius 1 is 1.19 bits per heavy atom. The summed E-state index contributed by atoms with van der Waals surface area (Å²) in [5.41, 5.74) is 0.237. The van der Waals surface area contributed by atoms with Gasteiger partial charge in [-0.05, 0) is 83.5 Å². The first kappa shape index (κ1) is 19.0. The SMILES string of the molecule is CNC1CCC2(O)C(C)N(CC3CC3)CCC2(c2c(C)ccc(O)c2O)C1. The summed E-state index contributed by atoms with van der Waals surface area (Å²) in [7, 11) is 1.98. The van der Waals surface area contributed by atoms with Crippen LogP contribution in [-0.2, 0) is 5.41 Å². The Labute approximate surface area is 162 Å². The van der Waals surface area contributed by atoms with Crippen molar-refractivity contribution in [3.05, 3.63) is 23.3 Å². The number of benzene rings is 1. The van der Waals surface area contributed by atoms with Gasteiger partial charge in [0.1, 0.15) is 0 Å². The molecule has 0 radical (unpaired) electrons. The van der Waals surface area contributed by atoms with Gasteiger partial charge in [0.2, 0.25) is 0 Å². The molecule has 5 heteroatoms. The summed E-state index contributed by atoms with van der Waals surface area (Å²) in [5.74, 6) is 0.646. The van der Waals surface area contributed by atoms with Gasteiger partial charge < -0.3 is 20.6 Å². The Bertz CT molecular complexity index is 720. The maximum atomic E-state index is 12.2. The smallest absolute Gasteiger partial charge is 0.161 e. The van der Waals surface area contributed by atoms with Crippen LogP contribution < -0.4 is 5.32 Å². The lowest BCUT2D eigenvalue weighted by Gasteiger charge is -2.61. The van der Waals surface area contributed by atoms with Crippen molar-refractivity contribution in [3.63, 3.8) is 0 Å². The molecule has 3 fully saturated rings. The Balaban J connectivity index is 1.82. The fourth-order valence-electron chi connectivity index (χ4n) is 5.95. The molecule has 4 rings (SSSR count). The molecule has 0 bridgehead atoms. The number of aliphatic hydroxyl groups is 1. The van der Waals surface area contributed by atoms with Gasteiger partial charge in [0.15, 0.2) is 11.5 Å². The summed E-state index contributed by atoms with van der Waals surface area (Å²) in [6, 6.07) is 3.75. The first-order chi connectivity index (χ1) is 12.8. The number of nitrogens with zero attached hydrogens (tertiary/aromatic N) is 1. The van der Waals surface area contributed by atoms with Crippen molar-refractivity contribution in [2.45, 2.75) is 75.5 Å². The molecule has 3 aliphatic rings. The first-order valence-corrected chi connectivity index (χ1v) is 10.5. The highest BCUT2D eigenvalue weighted by Gasteiger charge is 2.62. The molecule has 0 spiro atoms. The number of hydrogen-bond donors (Lipinski definition) is 4. The molecule has 0 amide bonds. The van der Waals surface area contributed by atoms with Crippen molar-refractivity contribution in [2.24, 2.45) is 5.92 Å². The third-order valence-electron chi connectivity index (χ3n) is 7.80. The largest absolute Gasteiger partial charge is 0.504 e. The van der Waals surface area contributed by atoms with E-state index in [0.717, 1.165) is 49.4 Å². The molecule has 1 saturated heterocycles. The molecule has 4 atom stereocenters. The number of phenols is 2. The molecule has 1 heterocycles. The van der Waals surface area contributed by atoms with Crippen LogP contribution in [0.25, 0.3) is 0 Å². The van der Waals surface area contributed by atoms with Crippen LogP contribution in [-0.4, -0.2) is 58.0 Å². The number of hydrogen-bond acceptors (Lipinski definition) is 5. The summed E-state index contributed by atoms with van der Waals surface area (Å²) in [6.07, 6.45) is 5.82. The van der Waals surface area contributed by atoms with Crippen molar-refractivity contribution in [1.29, 1.82) is 0 Å². The van der Waals surface area contributed by atoms with E-state index in [2.05, 4.69) is 17.1 Å². The molecule has 5 nitrogen and oxygen atoms in total. The van der Waals surface area contributed by atoms with E-state index in [1.165, 1.54) is 12.8 Å². The zero-order valence-corrected chi connectivity index (χ0v) is 16.8. The van der Waals surface area contributed by atoms with Gasteiger partial charge in [0.05, 0.1) is 5.60 Å². The molecule has 2 saturated carbocycles. The van der Waals surface area contributed by atoms with Gasteiger partial charge in [0, 0.05) is 29.6 Å². The molecule has 4 unspecified atom stereocenters. The summed E-state index contributed by atoms with van der Waals surface area (Å²) in [6.45, 7) is 6.13. The Morgan fingerprint density at radius 3 is 2.59 bits per heavy atom. The highest BCUT2D eigenvalue weighted by molar-refractivity contribution is 5.55. The van der Waals surface area contributed by atoms with Crippen molar-refractivity contribution in [3.8, 4) is 11.5 Å². The van der Waals surface area contributed by atoms with Crippen molar-refractivity contribution >= 4 is 0 Å². The van der Waals surface area contributed by atoms with E-state index in [1.54, 1.807) is 6.07 Å². The Hall–Kier alpha value is -1.30. The number of phenolic OH excluding ortho intramolecular Hbond substituents is 2. The second-order valence-electron chi connectivity index (χ2n) is 9.22. The molecular formula is C22H34N2O3. The normalized spacial score (nSPS) is 37.2. The lowest BCUT2D eigenvalue weighted by molar-refractivity contribution is -0.159. The minimum Gasteiger partial charge on any atom is -0.504 e. The number of aryl methyl sites for hydroxylation is 1. The van der Waals surface area contributed by atoms with Crippen molar-refractivity contribution in [2.75, 3.05) is 20.1 Å². The molecule has 150 valence electrons. The predicted molar refractivity (Wildman–Crippen MR) is 106 cm³/mol. The van der Waals surface area contributed by atoms with Gasteiger partial charge in [-0.2, -0.15) is 0 Å². The van der Waals surface area contributed by atoms with Gasteiger partial charge in [-0.15, -0.1) is 0 Å². The number of nitrogens with one attached hydrogen (secondary N) is 1. The first-order valence-electron chi connectivity index (χ1n) is 10.5. The van der Waals surface area contributed by atoms with Crippen LogP contribution in [0.1, 0.15) is 56.6 Å². The minimum absolute atomic E-state index is 0.0332. The number of piperidine rings is 1. The van der Waals surface area contributed by atoms with Gasteiger partial charge in [-0.25, -0.2) is 0 Å². The third kappa shape index (κ3) is 2.86. The van der Waals surface area contributed by atoms with Crippen LogP contribution in [0.2, 0.25) is 0 Å². The number of likely N-dealkylation sites (tertiary alicyclic amines) is 1. The second kappa shape index (κ2) is 6.64. The Morgan fingerprint density at radius 2 is 1.93 bits per heavy atom. The minimum atomic E-state index is -0.913. The molecule has 0 aromatic heterocycles. The summed E-state index contributed by atoms with van der Waals surface area (Å²) in [4.78, 5) is 2.46. The van der Waals surface area contributed by atoms with Crippen molar-refractivity contribution in [1.82, 2.24) is 10.2 Å². The topological polar surface area (TPSA) is 76.0 Å². The second-order valence-corrected chi connectivity index (χ2v) is 9.22. The molecule has 4 N–H and O–H groups in total. The van der Waals surface area contributed by atoms with Crippen molar-refractivity contribution < 1.29 is 15.3 Å². The number of rotatable bonds is 4. The Kier molecular flexibility index (Phi) is 4.68. The average molecular weight is 375 g/mol. The lowest BCUT2D eigenvalue weighted by atomic mass is 9.52. The fraction of sp³-hybridized carbons (Fsp3) is 0.727. The maximum Gasteiger partial charge on any atom is 0.161 e. The van der Waals surface area contributed by atoms with E-state index in [-0.39, 0.29) is 17.5 Å². The van der Waals surface area contributed by atoms with E-state index in [4.69, 9.17) is 0 Å². The number of fused-ring (bicyclic) bond motifs is 1. The molecular weight excluding hydrogens is 340 g/mol. The lowest BCUT2D eigenvalue weighted by Crippen LogP contribution is -2.71. The van der Waals surface area contributed by atoms with Gasteiger partial charge in [-0.3, -0.25) is 4.90 Å². The maximum absolute atomic E-state index is 12.2. The summed E-state index contributed by atoms with van der Waals surface area (Å²) < 4.78 is 0. The molecule has 2 aliphatic carbocycles. The van der Waals surface area contributed by atoms with Crippen LogP contribution in [0.4, 0.5) is 0 Å². The zero-order chi connectivity index (χ0) is 19.4. The van der Waals surface area contributed by atoms with Gasteiger partial charge in [0.25, 0.3) is 0 Å². The summed E-state index contributed by atoms with van der Waals surface area (Å²) in [5, 5.41) is 36.6. The van der Waals surface area contributed by atoms with E-state index >= 15 is 0 Å². The van der Waals surface area contributed by atoms with E-state index in [1.807, 2.05) is 20.0 Å². The zero-order valence-electron chi connectivity index (χ0n) is 16.8. The van der Waals surface area contributed by atoms with Crippen LogP contribution in [0.3, 0.4) is 0 Å². The average Bonchev–Trinajstić information content (AvgIpc) is 3.46. The summed E-state index contributed by atoms with van der Waals surface area (Å²) >= 11 is 0. The van der Waals surface area contributed by atoms with E-state index in [0.29, 0.717) is 12.5 Å². The highest BCUT2D eigenvalue weighted by atomic mass is 16.3. The van der Waals surface area contributed by atoms with Gasteiger partial charge in [-0.1, -0.05) is 6.07 Å². The predicted octanol–water partition coefficient (Wildman–Crippen LogP) is 2.65. The van der Waals surface area contributed by atoms with E-state index < -0.39 is 11.0 Å². The third-order valence-corrected chi connectivity index (χ3v) is 7.80. The molecule has 27 heavy (non-hydrogen) atoms. The standard InChI is InChI=1S/C22H34N2O3/c1-14-4-7-18(25)20(26)19(14)21-10-11-24(13-16-5-6-16)15(2)22(21,27)9-8-17(12-21)23-3/h4,7,15-17,23,25-27H,5-6,8-13H2,1-3H3. The van der Waals surface area contributed by atoms with E-state index in [9.17, 15) is 15.3 Å². The van der Waals surface area contributed by atoms with Crippen LogP contribution in [0.15, 0.2) is 12.1 Å². The van der Waals surface area contributed by atoms with Crippen LogP contribution in [0.5, 0.6) is 11.5 Å². The van der Waals surface area contributed by atoms with Crippen LogP contribution in [0, 0.1) is 12.8 Å².